The van der Waals surface area contributed by atoms with Crippen LogP contribution in [0.2, 0.25) is 0 Å². The van der Waals surface area contributed by atoms with Gasteiger partial charge in [-0.1, -0.05) is 11.1 Å². The van der Waals surface area contributed by atoms with E-state index in [9.17, 15) is 9.59 Å². The fourth-order valence-electron chi connectivity index (χ4n) is 1.50. The third kappa shape index (κ3) is 4.98. The molecule has 0 aliphatic heterocycles. The van der Waals surface area contributed by atoms with E-state index in [0.717, 1.165) is 29.3 Å². The van der Waals surface area contributed by atoms with Gasteiger partial charge in [-0.2, -0.15) is 0 Å². The fourth-order valence-corrected chi connectivity index (χ4v) is 2.04. The molecule has 2 nitrogen and oxygen atoms in total. The van der Waals surface area contributed by atoms with Crippen LogP contribution >= 0.6 is 22.6 Å². The Morgan fingerprint density at radius 2 is 1.69 bits per heavy atom. The quantitative estimate of drug-likeness (QED) is 0.614. The molecule has 1 radical (unpaired) electrons. The first-order valence-corrected chi connectivity index (χ1v) is 6.17. The molecule has 2 rings (SSSR count). The molecule has 0 N–H and O–H groups in total. The van der Waals surface area contributed by atoms with E-state index in [1.807, 2.05) is 13.8 Å². The van der Waals surface area contributed by atoms with Crippen molar-refractivity contribution in [1.82, 2.24) is 0 Å². The van der Waals surface area contributed by atoms with Crippen molar-refractivity contribution < 1.29 is 28.1 Å². The molecule has 0 amide bonds. The summed E-state index contributed by atoms with van der Waals surface area (Å²) in [5.41, 5.74) is 2.49. The second-order valence-corrected chi connectivity index (χ2v) is 5.05. The molecule has 87 valence electrons. The number of rotatable bonds is 0. The number of halogens is 1. The first-order valence-electron chi connectivity index (χ1n) is 5.09. The Morgan fingerprint density at radius 1 is 1.06 bits per heavy atom. The first kappa shape index (κ1) is 16.1. The summed E-state index contributed by atoms with van der Waals surface area (Å²) in [6.07, 6.45) is 5.17. The van der Waals surface area contributed by atoms with Crippen LogP contribution in [0.15, 0.2) is 20.8 Å². The Labute approximate surface area is 122 Å². The van der Waals surface area contributed by atoms with Crippen molar-refractivity contribution in [3.05, 3.63) is 20.8 Å². The molecule has 0 spiro atoms. The summed E-state index contributed by atoms with van der Waals surface area (Å²) in [4.78, 5) is 21.1. The van der Waals surface area contributed by atoms with Crippen LogP contribution in [-0.2, 0) is 28.1 Å². The van der Waals surface area contributed by atoms with Crippen LogP contribution in [-0.4, -0.2) is 11.6 Å². The zero-order chi connectivity index (χ0) is 11.4. The summed E-state index contributed by atoms with van der Waals surface area (Å²) in [6.45, 7) is 4.01. The SMILES string of the molecule is CC1=C(I)C(=O)CC1.CC1=CC(=O)CC1.[V]. The van der Waals surface area contributed by atoms with Gasteiger partial charge >= 0.3 is 0 Å². The molecular formula is C12H15IO2V. The van der Waals surface area contributed by atoms with Crippen molar-refractivity contribution in [3.8, 4) is 0 Å². The fraction of sp³-hybridized carbons (Fsp3) is 0.500. The maximum Gasteiger partial charge on any atom is 0.169 e. The minimum absolute atomic E-state index is 0. The van der Waals surface area contributed by atoms with Crippen molar-refractivity contribution in [3.63, 3.8) is 0 Å². The van der Waals surface area contributed by atoms with Crippen LogP contribution in [0, 0.1) is 0 Å². The van der Waals surface area contributed by atoms with Crippen molar-refractivity contribution in [2.45, 2.75) is 39.5 Å². The summed E-state index contributed by atoms with van der Waals surface area (Å²) in [5.74, 6) is 0.612. The van der Waals surface area contributed by atoms with Gasteiger partial charge < -0.3 is 0 Å². The Hall–Kier alpha value is 0.134. The predicted molar refractivity (Wildman–Crippen MR) is 69.0 cm³/mol. The van der Waals surface area contributed by atoms with E-state index in [1.165, 1.54) is 11.1 Å². The average molecular weight is 369 g/mol. The first-order chi connectivity index (χ1) is 7.00. The van der Waals surface area contributed by atoms with Gasteiger partial charge in [-0.25, -0.2) is 0 Å². The maximum absolute atomic E-state index is 10.7. The number of carbonyl (C=O) groups excluding carboxylic acids is 2. The van der Waals surface area contributed by atoms with Crippen molar-refractivity contribution in [1.29, 1.82) is 0 Å². The number of Topliss-reactive ketones (excluding diaryl/α,β-unsaturated/α-hetero) is 1. The maximum atomic E-state index is 10.7. The molecule has 16 heavy (non-hydrogen) atoms. The second kappa shape index (κ2) is 7.46. The Balaban J connectivity index is 0.000000267. The molecule has 0 unspecified atom stereocenters. The Bertz CT molecular complexity index is 356. The normalized spacial score (nSPS) is 19.1. The number of hydrogen-bond acceptors (Lipinski definition) is 2. The van der Waals surface area contributed by atoms with Crippen molar-refractivity contribution in [2.24, 2.45) is 0 Å². The van der Waals surface area contributed by atoms with E-state index in [1.54, 1.807) is 6.08 Å². The molecule has 0 aromatic carbocycles. The van der Waals surface area contributed by atoms with E-state index in [-0.39, 0.29) is 24.3 Å². The van der Waals surface area contributed by atoms with Crippen molar-refractivity contribution >= 4 is 34.2 Å². The standard InChI is InChI=1S/C6H7IO.C6H8O.V/c1-4-2-3-5(8)6(4)7;1-5-2-3-6(7)4-5;/h2-3H2,1H3;4H,2-3H2,1H3;. The molecular weight excluding hydrogens is 354 g/mol. The van der Waals surface area contributed by atoms with Gasteiger partial charge in [0.25, 0.3) is 0 Å². The second-order valence-electron chi connectivity index (χ2n) is 3.97. The minimum Gasteiger partial charge on any atom is -0.295 e. The molecule has 0 saturated heterocycles. The van der Waals surface area contributed by atoms with Gasteiger partial charge in [-0.3, -0.25) is 9.59 Å². The summed E-state index contributed by atoms with van der Waals surface area (Å²) < 4.78 is 0.961. The number of hydrogen-bond donors (Lipinski definition) is 0. The zero-order valence-corrected chi connectivity index (χ0v) is 13.1. The molecule has 4 heteroatoms. The number of allylic oxidation sites excluding steroid dienone is 4. The Kier molecular flexibility index (Phi) is 7.52. The van der Waals surface area contributed by atoms with Gasteiger partial charge in [0.2, 0.25) is 0 Å². The summed E-state index contributed by atoms with van der Waals surface area (Å²) >= 11 is 2.11. The van der Waals surface area contributed by atoms with Gasteiger partial charge in [0, 0.05) is 31.4 Å². The topological polar surface area (TPSA) is 34.1 Å². The molecule has 2 aliphatic rings. The summed E-state index contributed by atoms with van der Waals surface area (Å²) in [6, 6.07) is 0. The van der Waals surface area contributed by atoms with Gasteiger partial charge in [-0.15, -0.1) is 0 Å². The van der Waals surface area contributed by atoms with Gasteiger partial charge in [0.05, 0.1) is 3.58 Å². The molecule has 0 bridgehead atoms. The van der Waals surface area contributed by atoms with E-state index in [2.05, 4.69) is 22.6 Å². The van der Waals surface area contributed by atoms with Gasteiger partial charge in [0.1, 0.15) is 0 Å². The number of ketones is 2. The molecule has 0 saturated carbocycles. The summed E-state index contributed by atoms with van der Waals surface area (Å²) in [5, 5.41) is 0. The molecule has 0 aromatic heterocycles. The van der Waals surface area contributed by atoms with Crippen LogP contribution < -0.4 is 0 Å². The van der Waals surface area contributed by atoms with Crippen LogP contribution in [0.1, 0.15) is 39.5 Å². The molecule has 0 atom stereocenters. The van der Waals surface area contributed by atoms with E-state index >= 15 is 0 Å². The molecule has 0 aromatic rings. The van der Waals surface area contributed by atoms with E-state index < -0.39 is 0 Å². The Morgan fingerprint density at radius 3 is 1.81 bits per heavy atom. The van der Waals surface area contributed by atoms with Gasteiger partial charge in [0.15, 0.2) is 11.6 Å². The third-order valence-electron chi connectivity index (χ3n) is 2.52. The molecule has 2 aliphatic carbocycles. The zero-order valence-electron chi connectivity index (χ0n) is 9.55. The largest absolute Gasteiger partial charge is 0.295 e. The van der Waals surface area contributed by atoms with Crippen LogP contribution in [0.3, 0.4) is 0 Å². The van der Waals surface area contributed by atoms with E-state index in [4.69, 9.17) is 0 Å². The third-order valence-corrected chi connectivity index (χ3v) is 4.04. The monoisotopic (exact) mass is 369 g/mol. The van der Waals surface area contributed by atoms with Crippen LogP contribution in [0.5, 0.6) is 0 Å². The number of carbonyl (C=O) groups is 2. The molecule has 0 fully saturated rings. The summed E-state index contributed by atoms with van der Waals surface area (Å²) in [7, 11) is 0. The smallest absolute Gasteiger partial charge is 0.169 e. The minimum atomic E-state index is 0. The van der Waals surface area contributed by atoms with Crippen LogP contribution in [0.4, 0.5) is 0 Å². The van der Waals surface area contributed by atoms with Crippen molar-refractivity contribution in [2.75, 3.05) is 0 Å². The van der Waals surface area contributed by atoms with E-state index in [0.29, 0.717) is 5.78 Å². The molecule has 0 heterocycles. The van der Waals surface area contributed by atoms with Gasteiger partial charge in [-0.05, 0) is 55.4 Å². The average Bonchev–Trinajstić information content (AvgIpc) is 2.68. The predicted octanol–water partition coefficient (Wildman–Crippen LogP) is 3.35. The van der Waals surface area contributed by atoms with Crippen LogP contribution in [0.25, 0.3) is 0 Å².